The summed E-state index contributed by atoms with van der Waals surface area (Å²) in [4.78, 5) is 4.18. The van der Waals surface area contributed by atoms with Gasteiger partial charge in [0.1, 0.15) is 6.33 Å². The number of hydrogen-bond acceptors (Lipinski definition) is 3. The smallest absolute Gasteiger partial charge is 0.248 e. The molecule has 1 heterocycles. The van der Waals surface area contributed by atoms with Crippen molar-refractivity contribution < 1.29 is 0 Å². The Kier molecular flexibility index (Phi) is 5.30. The van der Waals surface area contributed by atoms with Crippen molar-refractivity contribution in [1.82, 2.24) is 14.8 Å². The van der Waals surface area contributed by atoms with Gasteiger partial charge in [-0.05, 0) is 36.5 Å². The van der Waals surface area contributed by atoms with Crippen molar-refractivity contribution in [3.05, 3.63) is 70.5 Å². The highest BCUT2D eigenvalue weighted by molar-refractivity contribution is 7.80. The van der Waals surface area contributed by atoms with Crippen molar-refractivity contribution in [3.63, 3.8) is 0 Å². The third-order valence-electron chi connectivity index (χ3n) is 3.18. The van der Waals surface area contributed by atoms with Gasteiger partial charge in [-0.1, -0.05) is 47.5 Å². The molecule has 0 saturated carbocycles. The Morgan fingerprint density at radius 1 is 1.00 bits per heavy atom. The maximum absolute atomic E-state index is 6.17. The number of rotatable bonds is 4. The summed E-state index contributed by atoms with van der Waals surface area (Å²) in [6.07, 6.45) is 1.59. The lowest BCUT2D eigenvalue weighted by molar-refractivity contribution is 0.687. The molecule has 0 radical (unpaired) electrons. The largest absolute Gasteiger partial charge is 0.332 e. The molecular weight excluding hydrogens is 365 g/mol. The van der Waals surface area contributed by atoms with Crippen LogP contribution >= 0.6 is 35.4 Å². The second kappa shape index (κ2) is 7.61. The minimum atomic E-state index is 0.395. The number of thiocarbonyl (C=S) groups is 1. The minimum Gasteiger partial charge on any atom is -0.332 e. The second-order valence-corrected chi connectivity index (χ2v) is 6.13. The van der Waals surface area contributed by atoms with Gasteiger partial charge in [0.2, 0.25) is 5.95 Å². The van der Waals surface area contributed by atoms with Gasteiger partial charge in [-0.25, -0.2) is 9.67 Å². The molecule has 0 aliphatic carbocycles. The molecule has 3 rings (SSSR count). The van der Waals surface area contributed by atoms with Crippen molar-refractivity contribution in [2.45, 2.75) is 6.54 Å². The van der Waals surface area contributed by atoms with E-state index in [0.29, 0.717) is 27.7 Å². The summed E-state index contributed by atoms with van der Waals surface area (Å²) < 4.78 is 1.64. The highest BCUT2D eigenvalue weighted by Crippen LogP contribution is 2.24. The lowest BCUT2D eigenvalue weighted by Crippen LogP contribution is -2.20. The van der Waals surface area contributed by atoms with Gasteiger partial charge < -0.3 is 5.32 Å². The second-order valence-electron chi connectivity index (χ2n) is 4.91. The summed E-state index contributed by atoms with van der Waals surface area (Å²) in [5, 5.41) is 11.9. The quantitative estimate of drug-likeness (QED) is 0.658. The van der Waals surface area contributed by atoms with Gasteiger partial charge in [0.15, 0.2) is 5.11 Å². The van der Waals surface area contributed by atoms with Crippen molar-refractivity contribution in [1.29, 1.82) is 0 Å². The van der Waals surface area contributed by atoms with Crippen LogP contribution in [0.3, 0.4) is 0 Å². The molecule has 0 atom stereocenters. The molecule has 1 aromatic heterocycles. The predicted molar refractivity (Wildman–Crippen MR) is 102 cm³/mol. The number of anilines is 2. The molecule has 122 valence electrons. The number of para-hydroxylation sites is 1. The lowest BCUT2D eigenvalue weighted by Gasteiger charge is -2.08. The third-order valence-corrected chi connectivity index (χ3v) is 4.09. The molecule has 24 heavy (non-hydrogen) atoms. The first-order valence-electron chi connectivity index (χ1n) is 7.07. The van der Waals surface area contributed by atoms with Crippen LogP contribution < -0.4 is 10.6 Å². The standard InChI is InChI=1S/C16H13Cl2N5S/c17-13-7-4-8-14(18)12(13)9-23-10-19-15(22-23)21-16(24)20-11-5-2-1-3-6-11/h1-8,10H,9H2,(H2,20,21,22,24). The zero-order chi connectivity index (χ0) is 16.9. The average Bonchev–Trinajstić information content (AvgIpc) is 2.99. The predicted octanol–water partition coefficient (Wildman–Crippen LogP) is 4.44. The SMILES string of the molecule is S=C(Nc1ccccc1)Nc1ncn(Cc2c(Cl)cccc2Cl)n1. The van der Waals surface area contributed by atoms with Crippen LogP contribution in [0.5, 0.6) is 0 Å². The van der Waals surface area contributed by atoms with Crippen molar-refractivity contribution in [2.75, 3.05) is 10.6 Å². The van der Waals surface area contributed by atoms with Crippen LogP contribution in [-0.4, -0.2) is 19.9 Å². The van der Waals surface area contributed by atoms with Gasteiger partial charge >= 0.3 is 0 Å². The molecule has 0 saturated heterocycles. The molecule has 0 bridgehead atoms. The fourth-order valence-corrected chi connectivity index (χ4v) is 2.78. The van der Waals surface area contributed by atoms with Crippen LogP contribution in [0.2, 0.25) is 10.0 Å². The van der Waals surface area contributed by atoms with E-state index in [1.807, 2.05) is 30.3 Å². The Balaban J connectivity index is 1.64. The minimum absolute atomic E-state index is 0.395. The van der Waals surface area contributed by atoms with Crippen LogP contribution in [-0.2, 0) is 6.54 Å². The van der Waals surface area contributed by atoms with Gasteiger partial charge in [-0.15, -0.1) is 5.10 Å². The molecule has 3 aromatic rings. The van der Waals surface area contributed by atoms with Crippen LogP contribution in [0.25, 0.3) is 0 Å². The monoisotopic (exact) mass is 377 g/mol. The van der Waals surface area contributed by atoms with E-state index in [2.05, 4.69) is 20.7 Å². The third kappa shape index (κ3) is 4.23. The van der Waals surface area contributed by atoms with Gasteiger partial charge in [0.05, 0.1) is 6.54 Å². The summed E-state index contributed by atoms with van der Waals surface area (Å²) >= 11 is 17.6. The van der Waals surface area contributed by atoms with Crippen LogP contribution in [0.1, 0.15) is 5.56 Å². The molecule has 0 aliphatic rings. The first-order chi connectivity index (χ1) is 11.6. The summed E-state index contributed by atoms with van der Waals surface area (Å²) in [5.74, 6) is 0.395. The lowest BCUT2D eigenvalue weighted by atomic mass is 10.2. The number of hydrogen-bond donors (Lipinski definition) is 2. The molecule has 0 unspecified atom stereocenters. The Morgan fingerprint density at radius 3 is 2.42 bits per heavy atom. The summed E-state index contributed by atoms with van der Waals surface area (Å²) in [7, 11) is 0. The fourth-order valence-electron chi connectivity index (χ4n) is 2.06. The molecule has 2 aromatic carbocycles. The molecule has 8 heteroatoms. The Labute approximate surface area is 154 Å². The maximum atomic E-state index is 6.17. The van der Waals surface area contributed by atoms with Gasteiger partial charge in [-0.3, -0.25) is 5.32 Å². The van der Waals surface area contributed by atoms with Crippen molar-refractivity contribution in [3.8, 4) is 0 Å². The molecular formula is C16H13Cl2N5S. The number of benzene rings is 2. The summed E-state index contributed by atoms with van der Waals surface area (Å²) in [6, 6.07) is 15.0. The highest BCUT2D eigenvalue weighted by atomic mass is 35.5. The molecule has 2 N–H and O–H groups in total. The number of aromatic nitrogens is 3. The van der Waals surface area contributed by atoms with E-state index in [1.165, 1.54) is 0 Å². The molecule has 0 aliphatic heterocycles. The van der Waals surface area contributed by atoms with Gasteiger partial charge in [0.25, 0.3) is 0 Å². The average molecular weight is 378 g/mol. The molecule has 0 fully saturated rings. The molecule has 0 amide bonds. The summed E-state index contributed by atoms with van der Waals surface area (Å²) in [5.41, 5.74) is 1.68. The Bertz CT molecular complexity index is 830. The van der Waals surface area contributed by atoms with E-state index in [9.17, 15) is 0 Å². The normalized spacial score (nSPS) is 10.4. The fraction of sp³-hybridized carbons (Fsp3) is 0.0625. The van der Waals surface area contributed by atoms with E-state index in [1.54, 1.807) is 29.2 Å². The van der Waals surface area contributed by atoms with Gasteiger partial charge in [0, 0.05) is 21.3 Å². The first kappa shape index (κ1) is 16.7. The van der Waals surface area contributed by atoms with Crippen LogP contribution in [0.4, 0.5) is 11.6 Å². The maximum Gasteiger partial charge on any atom is 0.248 e. The van der Waals surface area contributed by atoms with Gasteiger partial charge in [-0.2, -0.15) is 0 Å². The van der Waals surface area contributed by atoms with E-state index >= 15 is 0 Å². The Morgan fingerprint density at radius 2 is 1.71 bits per heavy atom. The van der Waals surface area contributed by atoms with Crippen molar-refractivity contribution in [2.24, 2.45) is 0 Å². The number of halogens is 2. The summed E-state index contributed by atoms with van der Waals surface area (Å²) in [6.45, 7) is 0.423. The van der Waals surface area contributed by atoms with E-state index in [4.69, 9.17) is 35.4 Å². The molecule has 0 spiro atoms. The number of nitrogens with zero attached hydrogens (tertiary/aromatic N) is 3. The van der Waals surface area contributed by atoms with E-state index in [-0.39, 0.29) is 0 Å². The zero-order valence-corrected chi connectivity index (χ0v) is 14.7. The first-order valence-corrected chi connectivity index (χ1v) is 8.23. The van der Waals surface area contributed by atoms with Crippen LogP contribution in [0.15, 0.2) is 54.9 Å². The van der Waals surface area contributed by atoms with Crippen LogP contribution in [0, 0.1) is 0 Å². The van der Waals surface area contributed by atoms with E-state index < -0.39 is 0 Å². The highest BCUT2D eigenvalue weighted by Gasteiger charge is 2.09. The topological polar surface area (TPSA) is 54.8 Å². The van der Waals surface area contributed by atoms with E-state index in [0.717, 1.165) is 11.3 Å². The molecule has 5 nitrogen and oxygen atoms in total. The Hall–Kier alpha value is -2.15. The van der Waals surface area contributed by atoms with Crippen molar-refractivity contribution >= 4 is 52.2 Å². The number of nitrogens with one attached hydrogen (secondary N) is 2. The zero-order valence-electron chi connectivity index (χ0n) is 12.4.